The first kappa shape index (κ1) is 17.1. The zero-order valence-corrected chi connectivity index (χ0v) is 13.5. The number of carbonyl (C=O) groups is 2. The number of hydrogen-bond acceptors (Lipinski definition) is 4. The van der Waals surface area contributed by atoms with Crippen LogP contribution in [-0.4, -0.2) is 48.9 Å². The molecule has 2 N–H and O–H groups in total. The second-order valence-electron chi connectivity index (χ2n) is 5.31. The Bertz CT molecular complexity index is 524. The molecular formula is C16H24N4O3. The maximum atomic E-state index is 11.7. The molecule has 0 spiro atoms. The van der Waals surface area contributed by atoms with Gasteiger partial charge in [0.2, 0.25) is 11.8 Å². The molecule has 7 nitrogen and oxygen atoms in total. The van der Waals surface area contributed by atoms with Crippen LogP contribution in [0.4, 0.5) is 0 Å². The molecule has 1 fully saturated rings. The molecule has 2 amide bonds. The van der Waals surface area contributed by atoms with E-state index >= 15 is 0 Å². The van der Waals surface area contributed by atoms with Crippen LogP contribution in [0.5, 0.6) is 0 Å². The SMILES string of the molecule is CCNC(=NCCc1ccco1)NCCN1C(=O)CCCC1=O. The van der Waals surface area contributed by atoms with Gasteiger partial charge in [-0.1, -0.05) is 0 Å². The Kier molecular flexibility index (Phi) is 6.65. The average molecular weight is 320 g/mol. The highest BCUT2D eigenvalue weighted by Gasteiger charge is 2.25. The molecule has 0 radical (unpaired) electrons. The molecular weight excluding hydrogens is 296 g/mol. The predicted octanol–water partition coefficient (Wildman–Crippen LogP) is 0.916. The number of carbonyl (C=O) groups excluding carboxylic acids is 2. The Hall–Kier alpha value is -2.31. The molecule has 0 atom stereocenters. The highest BCUT2D eigenvalue weighted by Crippen LogP contribution is 2.11. The second kappa shape index (κ2) is 8.97. The van der Waals surface area contributed by atoms with Crippen molar-refractivity contribution in [2.24, 2.45) is 4.99 Å². The monoisotopic (exact) mass is 320 g/mol. The number of nitrogens with one attached hydrogen (secondary N) is 2. The molecule has 2 heterocycles. The lowest BCUT2D eigenvalue weighted by molar-refractivity contribution is -0.147. The van der Waals surface area contributed by atoms with Crippen molar-refractivity contribution in [3.8, 4) is 0 Å². The normalized spacial score (nSPS) is 15.9. The van der Waals surface area contributed by atoms with Crippen molar-refractivity contribution in [2.75, 3.05) is 26.2 Å². The van der Waals surface area contributed by atoms with Gasteiger partial charge in [-0.25, -0.2) is 0 Å². The van der Waals surface area contributed by atoms with Crippen LogP contribution in [0.3, 0.4) is 0 Å². The number of guanidine groups is 1. The average Bonchev–Trinajstić information content (AvgIpc) is 3.03. The predicted molar refractivity (Wildman–Crippen MR) is 87.0 cm³/mol. The van der Waals surface area contributed by atoms with E-state index in [0.717, 1.165) is 18.7 Å². The Morgan fingerprint density at radius 1 is 1.30 bits per heavy atom. The van der Waals surface area contributed by atoms with Crippen LogP contribution in [0.2, 0.25) is 0 Å². The number of amides is 2. The van der Waals surface area contributed by atoms with E-state index in [1.54, 1.807) is 6.26 Å². The van der Waals surface area contributed by atoms with Crippen LogP contribution in [0.25, 0.3) is 0 Å². The molecule has 0 bridgehead atoms. The summed E-state index contributed by atoms with van der Waals surface area (Å²) in [5, 5.41) is 6.29. The van der Waals surface area contributed by atoms with Crippen LogP contribution in [0.15, 0.2) is 27.8 Å². The smallest absolute Gasteiger partial charge is 0.229 e. The summed E-state index contributed by atoms with van der Waals surface area (Å²) in [5.74, 6) is 1.41. The van der Waals surface area contributed by atoms with Crippen molar-refractivity contribution < 1.29 is 14.0 Å². The molecule has 1 aliphatic rings. The van der Waals surface area contributed by atoms with Crippen LogP contribution in [0, 0.1) is 0 Å². The summed E-state index contributed by atoms with van der Waals surface area (Å²) in [4.78, 5) is 29.3. The lowest BCUT2D eigenvalue weighted by Crippen LogP contribution is -2.46. The first-order valence-electron chi connectivity index (χ1n) is 8.08. The summed E-state index contributed by atoms with van der Waals surface area (Å²) < 4.78 is 5.27. The van der Waals surface area contributed by atoms with E-state index in [4.69, 9.17) is 4.42 Å². The van der Waals surface area contributed by atoms with E-state index in [2.05, 4.69) is 15.6 Å². The minimum absolute atomic E-state index is 0.0807. The summed E-state index contributed by atoms with van der Waals surface area (Å²) in [7, 11) is 0. The Morgan fingerprint density at radius 2 is 2.09 bits per heavy atom. The van der Waals surface area contributed by atoms with Crippen molar-refractivity contribution >= 4 is 17.8 Å². The van der Waals surface area contributed by atoms with Crippen LogP contribution in [-0.2, 0) is 16.0 Å². The van der Waals surface area contributed by atoms with Crippen LogP contribution < -0.4 is 10.6 Å². The number of imide groups is 1. The third-order valence-electron chi connectivity index (χ3n) is 3.56. The first-order valence-corrected chi connectivity index (χ1v) is 8.08. The number of rotatable bonds is 7. The van der Waals surface area contributed by atoms with Crippen molar-refractivity contribution in [2.45, 2.75) is 32.6 Å². The molecule has 0 saturated carbocycles. The van der Waals surface area contributed by atoms with E-state index in [1.165, 1.54) is 4.90 Å². The largest absolute Gasteiger partial charge is 0.469 e. The zero-order valence-electron chi connectivity index (χ0n) is 13.5. The maximum Gasteiger partial charge on any atom is 0.229 e. The molecule has 1 aromatic rings. The van der Waals surface area contributed by atoms with Gasteiger partial charge in [0, 0.05) is 45.4 Å². The fraction of sp³-hybridized carbons (Fsp3) is 0.562. The number of nitrogens with zero attached hydrogens (tertiary/aromatic N) is 2. The summed E-state index contributed by atoms with van der Waals surface area (Å²) in [6.07, 6.45) is 3.96. The topological polar surface area (TPSA) is 86.9 Å². The Balaban J connectivity index is 1.77. The van der Waals surface area contributed by atoms with Gasteiger partial charge in [0.15, 0.2) is 5.96 Å². The quantitative estimate of drug-likeness (QED) is 0.443. The lowest BCUT2D eigenvalue weighted by Gasteiger charge is -2.25. The standard InChI is InChI=1S/C16H24N4O3/c1-2-17-16(18-9-8-13-5-4-12-23-13)19-10-11-20-14(21)6-3-7-15(20)22/h4-5,12H,2-3,6-11H2,1H3,(H2,17,18,19). The highest BCUT2D eigenvalue weighted by atomic mass is 16.3. The van der Waals surface area contributed by atoms with Gasteiger partial charge in [-0.2, -0.15) is 0 Å². The third-order valence-corrected chi connectivity index (χ3v) is 3.56. The minimum Gasteiger partial charge on any atom is -0.469 e. The number of aliphatic imine (C=N–C) groups is 1. The van der Waals surface area contributed by atoms with E-state index in [1.807, 2.05) is 19.1 Å². The molecule has 1 aromatic heterocycles. The van der Waals surface area contributed by atoms with Gasteiger partial charge in [0.05, 0.1) is 6.26 Å². The van der Waals surface area contributed by atoms with E-state index < -0.39 is 0 Å². The summed E-state index contributed by atoms with van der Waals surface area (Å²) in [6, 6.07) is 3.78. The Morgan fingerprint density at radius 3 is 2.74 bits per heavy atom. The summed E-state index contributed by atoms with van der Waals surface area (Å²) in [5.41, 5.74) is 0. The number of furan rings is 1. The number of hydrogen-bond donors (Lipinski definition) is 2. The van der Waals surface area contributed by atoms with Gasteiger partial charge in [0.1, 0.15) is 5.76 Å². The maximum absolute atomic E-state index is 11.7. The van der Waals surface area contributed by atoms with Gasteiger partial charge >= 0.3 is 0 Å². The lowest BCUT2D eigenvalue weighted by atomic mass is 10.1. The fourth-order valence-corrected chi connectivity index (χ4v) is 2.41. The van der Waals surface area contributed by atoms with Crippen molar-refractivity contribution in [3.63, 3.8) is 0 Å². The van der Waals surface area contributed by atoms with Gasteiger partial charge in [0.25, 0.3) is 0 Å². The summed E-state index contributed by atoms with van der Waals surface area (Å²) >= 11 is 0. The highest BCUT2D eigenvalue weighted by molar-refractivity contribution is 5.97. The number of piperidine rings is 1. The molecule has 2 rings (SSSR count). The Labute approximate surface area is 136 Å². The second-order valence-corrected chi connectivity index (χ2v) is 5.31. The molecule has 7 heteroatoms. The van der Waals surface area contributed by atoms with Crippen molar-refractivity contribution in [3.05, 3.63) is 24.2 Å². The third kappa shape index (κ3) is 5.43. The molecule has 1 aliphatic heterocycles. The fourth-order valence-electron chi connectivity index (χ4n) is 2.41. The van der Waals surface area contributed by atoms with Gasteiger partial charge in [-0.05, 0) is 25.5 Å². The van der Waals surface area contributed by atoms with E-state index in [0.29, 0.717) is 44.9 Å². The van der Waals surface area contributed by atoms with Crippen LogP contribution >= 0.6 is 0 Å². The molecule has 1 saturated heterocycles. The number of likely N-dealkylation sites (tertiary alicyclic amines) is 1. The first-order chi connectivity index (χ1) is 11.2. The van der Waals surface area contributed by atoms with E-state index in [-0.39, 0.29) is 11.8 Å². The van der Waals surface area contributed by atoms with Gasteiger partial charge in [-0.3, -0.25) is 19.5 Å². The zero-order chi connectivity index (χ0) is 16.5. The van der Waals surface area contributed by atoms with Crippen LogP contribution in [0.1, 0.15) is 31.9 Å². The molecule has 23 heavy (non-hydrogen) atoms. The molecule has 126 valence electrons. The van der Waals surface area contributed by atoms with Crippen molar-refractivity contribution in [1.82, 2.24) is 15.5 Å². The molecule has 0 aromatic carbocycles. The van der Waals surface area contributed by atoms with Gasteiger partial charge in [-0.15, -0.1) is 0 Å². The molecule has 0 unspecified atom stereocenters. The molecule has 0 aliphatic carbocycles. The van der Waals surface area contributed by atoms with Gasteiger partial charge < -0.3 is 15.1 Å². The summed E-state index contributed by atoms with van der Waals surface area (Å²) in [6.45, 7) is 4.20. The van der Waals surface area contributed by atoms with E-state index in [9.17, 15) is 9.59 Å². The minimum atomic E-state index is -0.0807. The van der Waals surface area contributed by atoms with Crippen molar-refractivity contribution in [1.29, 1.82) is 0 Å².